The van der Waals surface area contributed by atoms with Crippen LogP contribution in [-0.4, -0.2) is 28.7 Å². The molecule has 0 radical (unpaired) electrons. The summed E-state index contributed by atoms with van der Waals surface area (Å²) >= 11 is 0. The molecule has 8 aromatic carbocycles. The number of ether oxygens (including phenoxy) is 1. The molecule has 0 bridgehead atoms. The summed E-state index contributed by atoms with van der Waals surface area (Å²) in [4.78, 5) is 15.2. The minimum absolute atomic E-state index is 0.744. The zero-order valence-corrected chi connectivity index (χ0v) is 38.0. The minimum atomic E-state index is -0.744. The molecule has 7 heteroatoms. The summed E-state index contributed by atoms with van der Waals surface area (Å²) < 4.78 is 14.1. The third-order valence-corrected chi connectivity index (χ3v) is 15.3. The molecule has 6 aromatic heterocycles. The van der Waals surface area contributed by atoms with Crippen LogP contribution in [-0.2, 0) is 5.41 Å². The van der Waals surface area contributed by atoms with Gasteiger partial charge in [-0.1, -0.05) is 121 Å². The van der Waals surface area contributed by atoms with Crippen LogP contribution in [0.3, 0.4) is 0 Å². The Balaban J connectivity index is 0.847. The SMILES string of the molecule is c1cnc2c(c1)C1(c3ccc(-c4ccc5c(c4)c4ccccc4n5-c4ccc(-n5c6ccccc6c6ccccc65)nc4)cc3Oc3ccc(-n4c5ccccc5c5ccccc54)cc31)c1cccnc1-2. The molecule has 2 aliphatic rings. The minimum Gasteiger partial charge on any atom is -0.457 e. The van der Waals surface area contributed by atoms with Gasteiger partial charge >= 0.3 is 0 Å². The number of para-hydroxylation sites is 5. The van der Waals surface area contributed by atoms with Gasteiger partial charge in [-0.25, -0.2) is 4.98 Å². The number of fused-ring (bicyclic) bond motifs is 18. The average molecular weight is 907 g/mol. The van der Waals surface area contributed by atoms with Crippen LogP contribution in [0.25, 0.3) is 105 Å². The van der Waals surface area contributed by atoms with Crippen LogP contribution in [0.2, 0.25) is 0 Å². The van der Waals surface area contributed by atoms with Crippen molar-refractivity contribution in [3.8, 4) is 51.2 Å². The van der Waals surface area contributed by atoms with Crippen molar-refractivity contribution >= 4 is 65.4 Å². The Kier molecular flexibility index (Phi) is 7.69. The molecule has 0 saturated carbocycles. The average Bonchev–Trinajstić information content (AvgIpc) is 4.15. The fourth-order valence-corrected chi connectivity index (χ4v) is 12.4. The quantitative estimate of drug-likeness (QED) is 0.176. The van der Waals surface area contributed by atoms with E-state index in [9.17, 15) is 0 Å². The molecule has 1 aliphatic heterocycles. The summed E-state index contributed by atoms with van der Waals surface area (Å²) in [5.74, 6) is 2.50. The van der Waals surface area contributed by atoms with Crippen molar-refractivity contribution in [2.75, 3.05) is 0 Å². The first-order valence-electron chi connectivity index (χ1n) is 24.1. The molecule has 7 nitrogen and oxygen atoms in total. The Morgan fingerprint density at radius 2 is 0.817 bits per heavy atom. The van der Waals surface area contributed by atoms with E-state index >= 15 is 0 Å². The normalized spacial score (nSPS) is 13.3. The second-order valence-electron chi connectivity index (χ2n) is 18.7. The molecule has 1 aliphatic carbocycles. The highest BCUT2D eigenvalue weighted by molar-refractivity contribution is 6.12. The highest BCUT2D eigenvalue weighted by Gasteiger charge is 2.52. The molecular weight excluding hydrogens is 869 g/mol. The highest BCUT2D eigenvalue weighted by Crippen LogP contribution is 2.62. The van der Waals surface area contributed by atoms with E-state index in [1.165, 1.54) is 32.3 Å². The van der Waals surface area contributed by atoms with E-state index in [1.807, 2.05) is 30.7 Å². The van der Waals surface area contributed by atoms with Crippen molar-refractivity contribution in [2.24, 2.45) is 0 Å². The van der Waals surface area contributed by atoms with Gasteiger partial charge in [0.2, 0.25) is 0 Å². The van der Waals surface area contributed by atoms with Gasteiger partial charge < -0.3 is 13.9 Å². The van der Waals surface area contributed by atoms with E-state index in [1.54, 1.807) is 0 Å². The van der Waals surface area contributed by atoms with E-state index < -0.39 is 5.41 Å². The summed E-state index contributed by atoms with van der Waals surface area (Å²) in [5.41, 5.74) is 16.4. The molecule has 71 heavy (non-hydrogen) atoms. The van der Waals surface area contributed by atoms with Gasteiger partial charge in [0.05, 0.1) is 61.8 Å². The van der Waals surface area contributed by atoms with Crippen LogP contribution in [0.4, 0.5) is 0 Å². The van der Waals surface area contributed by atoms with Gasteiger partial charge in [0.15, 0.2) is 0 Å². The van der Waals surface area contributed by atoms with Crippen molar-refractivity contribution in [1.82, 2.24) is 28.7 Å². The summed E-state index contributed by atoms with van der Waals surface area (Å²) in [6, 6.07) is 76.2. The van der Waals surface area contributed by atoms with Gasteiger partial charge in [0, 0.05) is 61.5 Å². The second kappa shape index (κ2) is 14.2. The Hall–Kier alpha value is -9.59. The lowest BCUT2D eigenvalue weighted by Crippen LogP contribution is -2.32. The summed E-state index contributed by atoms with van der Waals surface area (Å²) in [6.07, 6.45) is 5.75. The highest BCUT2D eigenvalue weighted by atomic mass is 16.5. The first kappa shape index (κ1) is 38.4. The fourth-order valence-electron chi connectivity index (χ4n) is 12.4. The number of hydrogen-bond acceptors (Lipinski definition) is 4. The maximum Gasteiger partial charge on any atom is 0.137 e. The number of benzene rings is 8. The third kappa shape index (κ3) is 5.13. The molecular formula is C64H38N6O. The second-order valence-corrected chi connectivity index (χ2v) is 18.7. The smallest absolute Gasteiger partial charge is 0.137 e. The molecule has 14 aromatic rings. The maximum atomic E-state index is 7.14. The van der Waals surface area contributed by atoms with E-state index in [-0.39, 0.29) is 0 Å². The van der Waals surface area contributed by atoms with Gasteiger partial charge in [0.25, 0.3) is 0 Å². The predicted octanol–water partition coefficient (Wildman–Crippen LogP) is 15.3. The van der Waals surface area contributed by atoms with Crippen molar-refractivity contribution < 1.29 is 4.74 Å². The van der Waals surface area contributed by atoms with Gasteiger partial charge in [-0.05, 0) is 113 Å². The molecule has 1 spiro atoms. The molecule has 0 amide bonds. The van der Waals surface area contributed by atoms with Crippen LogP contribution in [0, 0.1) is 0 Å². The summed E-state index contributed by atoms with van der Waals surface area (Å²) in [5, 5.41) is 7.22. The molecule has 330 valence electrons. The Morgan fingerprint density at radius 1 is 0.324 bits per heavy atom. The number of rotatable bonds is 4. The molecule has 0 N–H and O–H groups in total. The van der Waals surface area contributed by atoms with E-state index in [0.717, 1.165) is 107 Å². The van der Waals surface area contributed by atoms with Crippen LogP contribution in [0.1, 0.15) is 22.3 Å². The van der Waals surface area contributed by atoms with Crippen LogP contribution in [0.15, 0.2) is 231 Å². The first-order chi connectivity index (χ1) is 35.2. The monoisotopic (exact) mass is 906 g/mol. The number of nitrogens with zero attached hydrogens (tertiary/aromatic N) is 6. The van der Waals surface area contributed by atoms with Crippen LogP contribution >= 0.6 is 0 Å². The van der Waals surface area contributed by atoms with Gasteiger partial charge in [0.1, 0.15) is 17.3 Å². The maximum absolute atomic E-state index is 7.14. The van der Waals surface area contributed by atoms with E-state index in [4.69, 9.17) is 19.7 Å². The molecule has 7 heterocycles. The van der Waals surface area contributed by atoms with Crippen molar-refractivity contribution in [3.05, 3.63) is 253 Å². The van der Waals surface area contributed by atoms with Crippen molar-refractivity contribution in [2.45, 2.75) is 5.41 Å². The number of aromatic nitrogens is 6. The Bertz CT molecular complexity index is 4420. The molecule has 0 unspecified atom stereocenters. The largest absolute Gasteiger partial charge is 0.457 e. The predicted molar refractivity (Wildman–Crippen MR) is 286 cm³/mol. The number of pyridine rings is 3. The van der Waals surface area contributed by atoms with Crippen LogP contribution in [0.5, 0.6) is 11.5 Å². The van der Waals surface area contributed by atoms with Gasteiger partial charge in [-0.2, -0.15) is 0 Å². The molecule has 16 rings (SSSR count). The lowest BCUT2D eigenvalue weighted by atomic mass is 9.66. The standard InChI is InChI=1S/C64H38N6O/c1-6-20-53-43(13-1)44-14-2-7-21-54(44)68(53)41-27-31-59-52(37-41)64(50-18-11-33-65-62(50)63-51(64)19-12-34-66-63)49-29-25-40(36-60(49)71-59)39-26-30-58-48(35-39)47-17-5-8-22-55(47)69(58)42-28-32-61(67-38-42)70-56-23-9-3-15-45(56)46-16-4-10-24-57(46)70/h1-38H. The number of hydrogen-bond donors (Lipinski definition) is 0. The Labute approximate surface area is 406 Å². The van der Waals surface area contributed by atoms with Crippen molar-refractivity contribution in [3.63, 3.8) is 0 Å². The fraction of sp³-hybridized carbons (Fsp3) is 0.0156. The van der Waals surface area contributed by atoms with Gasteiger partial charge in [-0.15, -0.1) is 0 Å². The zero-order chi connectivity index (χ0) is 46.4. The molecule has 0 atom stereocenters. The van der Waals surface area contributed by atoms with Crippen LogP contribution < -0.4 is 4.74 Å². The first-order valence-corrected chi connectivity index (χ1v) is 24.1. The van der Waals surface area contributed by atoms with E-state index in [0.29, 0.717) is 0 Å². The Morgan fingerprint density at radius 3 is 1.39 bits per heavy atom. The molecule has 0 fully saturated rings. The van der Waals surface area contributed by atoms with Gasteiger partial charge in [-0.3, -0.25) is 14.5 Å². The van der Waals surface area contributed by atoms with E-state index in [2.05, 4.69) is 214 Å². The molecule has 0 saturated heterocycles. The summed E-state index contributed by atoms with van der Waals surface area (Å²) in [7, 11) is 0. The lowest BCUT2D eigenvalue weighted by molar-refractivity contribution is 0.436. The topological polar surface area (TPSA) is 62.7 Å². The summed E-state index contributed by atoms with van der Waals surface area (Å²) in [6.45, 7) is 0. The lowest BCUT2D eigenvalue weighted by Gasteiger charge is -2.39. The van der Waals surface area contributed by atoms with Crippen molar-refractivity contribution in [1.29, 1.82) is 0 Å². The third-order valence-electron chi connectivity index (χ3n) is 15.3. The zero-order valence-electron chi connectivity index (χ0n) is 38.0.